The molecule has 0 bridgehead atoms. The van der Waals surface area contributed by atoms with Gasteiger partial charge < -0.3 is 4.57 Å². The van der Waals surface area contributed by atoms with Crippen LogP contribution in [-0.4, -0.2) is 21.6 Å². The van der Waals surface area contributed by atoms with Gasteiger partial charge in [-0.2, -0.15) is 5.10 Å². The molecule has 148 valence electrons. The summed E-state index contributed by atoms with van der Waals surface area (Å²) in [4.78, 5) is 22.5. The standard InChI is InChI=1S/C22H22N4O3/c1-14-8-9-20(10-15(14)2)25-16(3)11-19(17(25)4)13-23-24-22(27)18-6-5-7-21(12-18)26(28)29/h5-13H,1-4H3,(H,24,27)/b23-13-. The van der Waals surface area contributed by atoms with Crippen LogP contribution in [0, 0.1) is 37.8 Å². The highest BCUT2D eigenvalue weighted by atomic mass is 16.6. The maximum Gasteiger partial charge on any atom is 0.271 e. The van der Waals surface area contributed by atoms with Crippen LogP contribution in [0.25, 0.3) is 5.69 Å². The second-order valence-corrected chi connectivity index (χ2v) is 6.94. The summed E-state index contributed by atoms with van der Waals surface area (Å²) in [6, 6.07) is 13.8. The van der Waals surface area contributed by atoms with Gasteiger partial charge in [0.25, 0.3) is 11.6 Å². The van der Waals surface area contributed by atoms with Gasteiger partial charge in [-0.25, -0.2) is 5.43 Å². The molecule has 7 nitrogen and oxygen atoms in total. The number of non-ortho nitro benzene ring substituents is 1. The zero-order valence-electron chi connectivity index (χ0n) is 16.8. The lowest BCUT2D eigenvalue weighted by molar-refractivity contribution is -0.384. The van der Waals surface area contributed by atoms with E-state index in [2.05, 4.69) is 47.1 Å². The van der Waals surface area contributed by atoms with Crippen molar-refractivity contribution in [3.05, 3.63) is 92.3 Å². The van der Waals surface area contributed by atoms with E-state index in [1.807, 2.05) is 19.9 Å². The molecule has 0 saturated heterocycles. The van der Waals surface area contributed by atoms with Gasteiger partial charge in [-0.05, 0) is 63.1 Å². The predicted octanol–water partition coefficient (Wildman–Crippen LogP) is 4.38. The summed E-state index contributed by atoms with van der Waals surface area (Å²) >= 11 is 0. The minimum absolute atomic E-state index is 0.140. The van der Waals surface area contributed by atoms with E-state index in [-0.39, 0.29) is 11.3 Å². The monoisotopic (exact) mass is 390 g/mol. The van der Waals surface area contributed by atoms with Crippen LogP contribution in [0.2, 0.25) is 0 Å². The fraction of sp³-hybridized carbons (Fsp3) is 0.182. The van der Waals surface area contributed by atoms with Gasteiger partial charge in [-0.3, -0.25) is 14.9 Å². The van der Waals surface area contributed by atoms with E-state index >= 15 is 0 Å². The lowest BCUT2D eigenvalue weighted by Gasteiger charge is -2.11. The highest BCUT2D eigenvalue weighted by Gasteiger charge is 2.12. The molecule has 0 atom stereocenters. The molecule has 0 unspecified atom stereocenters. The maximum atomic E-state index is 12.2. The number of amides is 1. The smallest absolute Gasteiger partial charge is 0.271 e. The average molecular weight is 390 g/mol. The van der Waals surface area contributed by atoms with Crippen LogP contribution in [0.5, 0.6) is 0 Å². The van der Waals surface area contributed by atoms with E-state index in [1.165, 1.54) is 35.4 Å². The molecule has 0 aliphatic heterocycles. The van der Waals surface area contributed by atoms with Gasteiger partial charge in [0.1, 0.15) is 0 Å². The molecule has 1 heterocycles. The quantitative estimate of drug-likeness (QED) is 0.398. The topological polar surface area (TPSA) is 89.5 Å². The lowest BCUT2D eigenvalue weighted by atomic mass is 10.1. The van der Waals surface area contributed by atoms with Crippen molar-refractivity contribution in [2.45, 2.75) is 27.7 Å². The third-order valence-corrected chi connectivity index (χ3v) is 4.91. The molecule has 1 N–H and O–H groups in total. The van der Waals surface area contributed by atoms with Crippen molar-refractivity contribution < 1.29 is 9.72 Å². The minimum Gasteiger partial charge on any atom is -0.318 e. The van der Waals surface area contributed by atoms with Crippen LogP contribution >= 0.6 is 0 Å². The first-order valence-corrected chi connectivity index (χ1v) is 9.12. The minimum atomic E-state index is -0.540. The van der Waals surface area contributed by atoms with E-state index < -0.39 is 10.8 Å². The number of carbonyl (C=O) groups is 1. The molecule has 0 saturated carbocycles. The van der Waals surface area contributed by atoms with Crippen LogP contribution in [0.3, 0.4) is 0 Å². The fourth-order valence-corrected chi connectivity index (χ4v) is 3.17. The number of carbonyl (C=O) groups excluding carboxylic acids is 1. The van der Waals surface area contributed by atoms with Crippen molar-refractivity contribution in [2.24, 2.45) is 5.10 Å². The zero-order valence-corrected chi connectivity index (χ0v) is 16.8. The molecule has 0 aliphatic rings. The Labute approximate surface area is 168 Å². The number of rotatable bonds is 5. The van der Waals surface area contributed by atoms with Crippen molar-refractivity contribution in [3.63, 3.8) is 0 Å². The number of aryl methyl sites for hydroxylation is 3. The predicted molar refractivity (Wildman–Crippen MR) is 113 cm³/mol. The van der Waals surface area contributed by atoms with Gasteiger partial charge in [-0.15, -0.1) is 0 Å². The Kier molecular flexibility index (Phi) is 5.59. The largest absolute Gasteiger partial charge is 0.318 e. The normalized spacial score (nSPS) is 11.0. The van der Waals surface area contributed by atoms with Gasteiger partial charge in [0.05, 0.1) is 11.1 Å². The summed E-state index contributed by atoms with van der Waals surface area (Å²) in [5, 5.41) is 14.9. The number of hydrogen-bond acceptors (Lipinski definition) is 4. The number of aromatic nitrogens is 1. The SMILES string of the molecule is Cc1ccc(-n2c(C)cc(/C=N\NC(=O)c3cccc([N+](=O)[O-])c3)c2C)cc1C. The van der Waals surface area contributed by atoms with E-state index in [0.29, 0.717) is 0 Å². The van der Waals surface area contributed by atoms with Gasteiger partial charge in [-0.1, -0.05) is 12.1 Å². The number of nitrogens with one attached hydrogen (secondary N) is 1. The van der Waals surface area contributed by atoms with E-state index in [4.69, 9.17) is 0 Å². The van der Waals surface area contributed by atoms with Crippen molar-refractivity contribution in [1.29, 1.82) is 0 Å². The van der Waals surface area contributed by atoms with Crippen LogP contribution in [0.1, 0.15) is 38.4 Å². The summed E-state index contributed by atoms with van der Waals surface area (Å²) in [6.07, 6.45) is 1.58. The Hall–Kier alpha value is -3.74. The summed E-state index contributed by atoms with van der Waals surface area (Å²) in [5.74, 6) is -0.507. The molecule has 2 aromatic carbocycles. The number of nitro benzene ring substituents is 1. The third-order valence-electron chi connectivity index (χ3n) is 4.91. The van der Waals surface area contributed by atoms with Crippen LogP contribution < -0.4 is 5.43 Å². The molecule has 0 fully saturated rings. The molecular weight excluding hydrogens is 368 g/mol. The third kappa shape index (κ3) is 4.24. The Balaban J connectivity index is 1.79. The van der Waals surface area contributed by atoms with Crippen molar-refractivity contribution >= 4 is 17.8 Å². The number of nitrogens with zero attached hydrogens (tertiary/aromatic N) is 3. The number of hydrogen-bond donors (Lipinski definition) is 1. The number of benzene rings is 2. The Bertz CT molecular complexity index is 1130. The average Bonchev–Trinajstić information content (AvgIpc) is 2.97. The molecule has 3 aromatic rings. The molecule has 3 rings (SSSR count). The molecule has 1 aromatic heterocycles. The van der Waals surface area contributed by atoms with Crippen molar-refractivity contribution in [2.75, 3.05) is 0 Å². The highest BCUT2D eigenvalue weighted by molar-refractivity contribution is 5.95. The number of hydrazone groups is 1. The van der Waals surface area contributed by atoms with Crippen LogP contribution in [-0.2, 0) is 0 Å². The molecule has 29 heavy (non-hydrogen) atoms. The summed E-state index contributed by atoms with van der Waals surface area (Å²) in [7, 11) is 0. The molecule has 7 heteroatoms. The van der Waals surface area contributed by atoms with Gasteiger partial charge in [0.2, 0.25) is 0 Å². The molecule has 0 aliphatic carbocycles. The first-order chi connectivity index (χ1) is 13.8. The van der Waals surface area contributed by atoms with Crippen molar-refractivity contribution in [3.8, 4) is 5.69 Å². The van der Waals surface area contributed by atoms with Gasteiger partial charge in [0.15, 0.2) is 0 Å². The summed E-state index contributed by atoms with van der Waals surface area (Å²) in [5.41, 5.74) is 8.92. The zero-order chi connectivity index (χ0) is 21.1. The fourth-order valence-electron chi connectivity index (χ4n) is 3.17. The highest BCUT2D eigenvalue weighted by Crippen LogP contribution is 2.22. The lowest BCUT2D eigenvalue weighted by Crippen LogP contribution is -2.17. The maximum absolute atomic E-state index is 12.2. The van der Waals surface area contributed by atoms with Crippen LogP contribution in [0.15, 0.2) is 53.6 Å². The van der Waals surface area contributed by atoms with Gasteiger partial charge in [0, 0.05) is 40.3 Å². The van der Waals surface area contributed by atoms with Crippen LogP contribution in [0.4, 0.5) is 5.69 Å². The van der Waals surface area contributed by atoms with E-state index in [0.717, 1.165) is 22.6 Å². The molecule has 0 radical (unpaired) electrons. The van der Waals surface area contributed by atoms with E-state index in [1.54, 1.807) is 6.21 Å². The Morgan fingerprint density at radius 1 is 1.07 bits per heavy atom. The molecular formula is C22H22N4O3. The molecule has 1 amide bonds. The Morgan fingerprint density at radius 2 is 1.83 bits per heavy atom. The van der Waals surface area contributed by atoms with Gasteiger partial charge >= 0.3 is 0 Å². The molecule has 0 spiro atoms. The second kappa shape index (κ2) is 8.10. The summed E-state index contributed by atoms with van der Waals surface area (Å²) < 4.78 is 2.14. The van der Waals surface area contributed by atoms with E-state index in [9.17, 15) is 14.9 Å². The first-order valence-electron chi connectivity index (χ1n) is 9.12. The second-order valence-electron chi connectivity index (χ2n) is 6.94. The number of nitro groups is 1. The summed E-state index contributed by atoms with van der Waals surface area (Å²) in [6.45, 7) is 8.17. The van der Waals surface area contributed by atoms with Crippen molar-refractivity contribution in [1.82, 2.24) is 9.99 Å². The Morgan fingerprint density at radius 3 is 2.52 bits per heavy atom. The first kappa shape index (κ1) is 20.0.